The highest BCUT2D eigenvalue weighted by Gasteiger charge is 2.10. The number of nitrogens with zero attached hydrogens (tertiary/aromatic N) is 1. The van der Waals surface area contributed by atoms with E-state index in [1.165, 1.54) is 5.56 Å². The number of rotatable bonds is 6. The zero-order valence-corrected chi connectivity index (χ0v) is 12.8. The summed E-state index contributed by atoms with van der Waals surface area (Å²) in [5.41, 5.74) is 2.19. The molecule has 2 rings (SSSR count). The van der Waals surface area contributed by atoms with Crippen molar-refractivity contribution in [1.29, 1.82) is 5.26 Å². The van der Waals surface area contributed by atoms with E-state index in [1.807, 2.05) is 55.5 Å². The fraction of sp³-hybridized carbons (Fsp3) is 0.278. The van der Waals surface area contributed by atoms with E-state index in [4.69, 9.17) is 16.3 Å². The monoisotopic (exact) mass is 299 g/mol. The molecular formula is C18H18ClNO. The Bertz CT molecular complexity index is 616. The SMILES string of the molecule is Cc1ccc(OCCCC(C#N)c2cccc(Cl)c2)cc1. The van der Waals surface area contributed by atoms with Crippen molar-refractivity contribution in [1.82, 2.24) is 0 Å². The van der Waals surface area contributed by atoms with Crippen molar-refractivity contribution in [2.45, 2.75) is 25.7 Å². The number of halogens is 1. The average Bonchev–Trinajstić information content (AvgIpc) is 2.49. The highest BCUT2D eigenvalue weighted by molar-refractivity contribution is 6.30. The van der Waals surface area contributed by atoms with Gasteiger partial charge < -0.3 is 4.74 Å². The number of ether oxygens (including phenoxy) is 1. The van der Waals surface area contributed by atoms with Gasteiger partial charge in [-0.15, -0.1) is 0 Å². The highest BCUT2D eigenvalue weighted by atomic mass is 35.5. The molecule has 0 amide bonds. The molecule has 0 aliphatic carbocycles. The van der Waals surface area contributed by atoms with Gasteiger partial charge >= 0.3 is 0 Å². The van der Waals surface area contributed by atoms with E-state index in [2.05, 4.69) is 6.07 Å². The lowest BCUT2D eigenvalue weighted by molar-refractivity contribution is 0.305. The van der Waals surface area contributed by atoms with Gasteiger partial charge in [0.05, 0.1) is 18.6 Å². The summed E-state index contributed by atoms with van der Waals surface area (Å²) in [5, 5.41) is 9.95. The van der Waals surface area contributed by atoms with Crippen LogP contribution in [0.4, 0.5) is 0 Å². The van der Waals surface area contributed by atoms with E-state index in [0.717, 1.165) is 24.2 Å². The van der Waals surface area contributed by atoms with Crippen molar-refractivity contribution in [2.75, 3.05) is 6.61 Å². The highest BCUT2D eigenvalue weighted by Crippen LogP contribution is 2.23. The molecule has 0 aliphatic rings. The summed E-state index contributed by atoms with van der Waals surface area (Å²) in [6.45, 7) is 2.66. The Kier molecular flexibility index (Phi) is 5.66. The predicted molar refractivity (Wildman–Crippen MR) is 85.7 cm³/mol. The summed E-state index contributed by atoms with van der Waals surface area (Å²) in [4.78, 5) is 0. The summed E-state index contributed by atoms with van der Waals surface area (Å²) >= 11 is 5.97. The molecule has 0 radical (unpaired) electrons. The lowest BCUT2D eigenvalue weighted by Gasteiger charge is -2.11. The first-order chi connectivity index (χ1) is 10.2. The molecule has 0 aliphatic heterocycles. The third kappa shape index (κ3) is 4.81. The normalized spacial score (nSPS) is 11.7. The van der Waals surface area contributed by atoms with Crippen molar-refractivity contribution in [2.24, 2.45) is 0 Å². The van der Waals surface area contributed by atoms with Crippen LogP contribution in [0.5, 0.6) is 5.75 Å². The molecule has 0 N–H and O–H groups in total. The third-order valence-corrected chi connectivity index (χ3v) is 3.57. The first kappa shape index (κ1) is 15.4. The van der Waals surface area contributed by atoms with Crippen molar-refractivity contribution in [3.63, 3.8) is 0 Å². The molecule has 0 spiro atoms. The van der Waals surface area contributed by atoms with Crippen molar-refractivity contribution < 1.29 is 4.74 Å². The zero-order valence-electron chi connectivity index (χ0n) is 12.1. The minimum Gasteiger partial charge on any atom is -0.494 e. The van der Waals surface area contributed by atoms with Gasteiger partial charge in [0.1, 0.15) is 5.75 Å². The van der Waals surface area contributed by atoms with Crippen LogP contribution < -0.4 is 4.74 Å². The van der Waals surface area contributed by atoms with Crippen molar-refractivity contribution in [3.8, 4) is 11.8 Å². The average molecular weight is 300 g/mol. The summed E-state index contributed by atoms with van der Waals surface area (Å²) in [7, 11) is 0. The summed E-state index contributed by atoms with van der Waals surface area (Å²) in [5.74, 6) is 0.738. The molecule has 0 bridgehead atoms. The smallest absolute Gasteiger partial charge is 0.119 e. The van der Waals surface area contributed by atoms with Gasteiger partial charge in [-0.05, 0) is 49.6 Å². The molecule has 0 fully saturated rings. The maximum atomic E-state index is 9.28. The van der Waals surface area contributed by atoms with Crippen LogP contribution in [0.25, 0.3) is 0 Å². The van der Waals surface area contributed by atoms with E-state index in [1.54, 1.807) is 0 Å². The van der Waals surface area contributed by atoms with Gasteiger partial charge in [0.2, 0.25) is 0 Å². The second-order valence-electron chi connectivity index (χ2n) is 5.04. The zero-order chi connectivity index (χ0) is 15.1. The van der Waals surface area contributed by atoms with E-state index in [9.17, 15) is 5.26 Å². The minimum atomic E-state index is -0.134. The Hall–Kier alpha value is -1.98. The van der Waals surface area contributed by atoms with Crippen LogP contribution in [0.3, 0.4) is 0 Å². The Morgan fingerprint density at radius 1 is 1.19 bits per heavy atom. The maximum Gasteiger partial charge on any atom is 0.119 e. The van der Waals surface area contributed by atoms with Crippen LogP contribution in [0, 0.1) is 18.3 Å². The van der Waals surface area contributed by atoms with Gasteiger partial charge in [-0.1, -0.05) is 41.4 Å². The van der Waals surface area contributed by atoms with Gasteiger partial charge in [0.15, 0.2) is 0 Å². The second-order valence-corrected chi connectivity index (χ2v) is 5.48. The Balaban J connectivity index is 1.81. The molecular weight excluding hydrogens is 282 g/mol. The molecule has 21 heavy (non-hydrogen) atoms. The lowest BCUT2D eigenvalue weighted by Crippen LogP contribution is -2.02. The second kappa shape index (κ2) is 7.71. The van der Waals surface area contributed by atoms with E-state index in [0.29, 0.717) is 11.6 Å². The molecule has 0 saturated carbocycles. The molecule has 1 atom stereocenters. The van der Waals surface area contributed by atoms with Crippen molar-refractivity contribution >= 4 is 11.6 Å². The van der Waals surface area contributed by atoms with Gasteiger partial charge in [0, 0.05) is 5.02 Å². The summed E-state index contributed by atoms with van der Waals surface area (Å²) in [6, 6.07) is 17.8. The van der Waals surface area contributed by atoms with Crippen LogP contribution in [0.1, 0.15) is 29.9 Å². The minimum absolute atomic E-state index is 0.134. The molecule has 0 aromatic heterocycles. The van der Waals surface area contributed by atoms with Crippen LogP contribution in [0.15, 0.2) is 48.5 Å². The molecule has 2 aromatic rings. The Labute approximate surface area is 130 Å². The van der Waals surface area contributed by atoms with Gasteiger partial charge in [-0.25, -0.2) is 0 Å². The number of benzene rings is 2. The molecule has 0 heterocycles. The summed E-state index contributed by atoms with van der Waals surface area (Å²) in [6.07, 6.45) is 1.60. The van der Waals surface area contributed by atoms with Gasteiger partial charge in [0.25, 0.3) is 0 Å². The number of nitriles is 1. The third-order valence-electron chi connectivity index (χ3n) is 3.33. The van der Waals surface area contributed by atoms with E-state index in [-0.39, 0.29) is 5.92 Å². The van der Waals surface area contributed by atoms with Gasteiger partial charge in [-0.2, -0.15) is 5.26 Å². The van der Waals surface area contributed by atoms with Crippen LogP contribution in [0.2, 0.25) is 5.02 Å². The number of aryl methyl sites for hydroxylation is 1. The van der Waals surface area contributed by atoms with E-state index >= 15 is 0 Å². The van der Waals surface area contributed by atoms with Crippen LogP contribution >= 0.6 is 11.6 Å². The van der Waals surface area contributed by atoms with Crippen LogP contribution in [-0.4, -0.2) is 6.61 Å². The lowest BCUT2D eigenvalue weighted by atomic mass is 9.96. The quantitative estimate of drug-likeness (QED) is 0.694. The maximum absolute atomic E-state index is 9.28. The first-order valence-electron chi connectivity index (χ1n) is 7.03. The topological polar surface area (TPSA) is 33.0 Å². The number of hydrogen-bond donors (Lipinski definition) is 0. The molecule has 108 valence electrons. The van der Waals surface area contributed by atoms with E-state index < -0.39 is 0 Å². The number of hydrogen-bond acceptors (Lipinski definition) is 2. The predicted octanol–water partition coefficient (Wildman–Crippen LogP) is 5.11. The van der Waals surface area contributed by atoms with Gasteiger partial charge in [-0.3, -0.25) is 0 Å². The molecule has 3 heteroatoms. The largest absolute Gasteiger partial charge is 0.494 e. The first-order valence-corrected chi connectivity index (χ1v) is 7.41. The fourth-order valence-electron chi connectivity index (χ4n) is 2.14. The fourth-order valence-corrected chi connectivity index (χ4v) is 2.34. The van der Waals surface area contributed by atoms with Crippen molar-refractivity contribution in [3.05, 3.63) is 64.7 Å². The molecule has 1 unspecified atom stereocenters. The molecule has 2 nitrogen and oxygen atoms in total. The standard InChI is InChI=1S/C18H18ClNO/c1-14-7-9-18(10-8-14)21-11-3-5-16(13-20)15-4-2-6-17(19)12-15/h2,4,6-10,12,16H,3,5,11H2,1H3. The molecule has 2 aromatic carbocycles. The Morgan fingerprint density at radius 3 is 2.62 bits per heavy atom. The van der Waals surface area contributed by atoms with Crippen LogP contribution in [-0.2, 0) is 0 Å². The molecule has 0 saturated heterocycles. The summed E-state index contributed by atoms with van der Waals surface area (Å²) < 4.78 is 5.68. The Morgan fingerprint density at radius 2 is 1.95 bits per heavy atom.